The molecule has 0 aromatic heterocycles. The van der Waals surface area contributed by atoms with Gasteiger partial charge in [0, 0.05) is 12.5 Å². The highest BCUT2D eigenvalue weighted by atomic mass is 16.7. The highest BCUT2D eigenvalue weighted by Crippen LogP contribution is 2.13. The zero-order valence-corrected chi connectivity index (χ0v) is 7.60. The van der Waals surface area contributed by atoms with Gasteiger partial charge in [0.05, 0.1) is 12.6 Å². The normalized spacial score (nSPS) is 22.1. The minimum atomic E-state index is -1.42. The minimum absolute atomic E-state index is 0.539. The molecule has 14 heavy (non-hydrogen) atoms. The Kier molecular flexibility index (Phi) is 4.12. The second-order valence-corrected chi connectivity index (χ2v) is 2.89. The molecule has 1 aliphatic rings. The third-order valence-electron chi connectivity index (χ3n) is 1.74. The quantitative estimate of drug-likeness (QED) is 0.446. The molecule has 0 amide bonds. The smallest absolute Gasteiger partial charge is 0.333 e. The van der Waals surface area contributed by atoms with Crippen molar-refractivity contribution in [3.8, 4) is 0 Å². The molecule has 1 rings (SSSR count). The van der Waals surface area contributed by atoms with Gasteiger partial charge in [0.1, 0.15) is 0 Å². The lowest BCUT2D eigenvalue weighted by Crippen LogP contribution is -2.25. The van der Waals surface area contributed by atoms with Crippen LogP contribution in [0.15, 0.2) is 12.2 Å². The van der Waals surface area contributed by atoms with Crippen LogP contribution in [0.25, 0.3) is 0 Å². The van der Waals surface area contributed by atoms with Crippen molar-refractivity contribution >= 4 is 11.9 Å². The van der Waals surface area contributed by atoms with E-state index in [0.717, 1.165) is 18.9 Å². The molecule has 0 N–H and O–H groups in total. The van der Waals surface area contributed by atoms with Crippen LogP contribution in [0.2, 0.25) is 0 Å². The van der Waals surface area contributed by atoms with Gasteiger partial charge in [-0.2, -0.15) is 0 Å². The predicted octanol–water partition coefficient (Wildman–Crippen LogP) is -0.638. The van der Waals surface area contributed by atoms with Crippen LogP contribution in [0.4, 0.5) is 0 Å². The molecule has 1 atom stereocenters. The van der Waals surface area contributed by atoms with E-state index in [1.165, 1.54) is 0 Å². The van der Waals surface area contributed by atoms with Crippen LogP contribution in [0.1, 0.15) is 19.3 Å². The lowest BCUT2D eigenvalue weighted by Gasteiger charge is -2.21. The Morgan fingerprint density at radius 2 is 2.14 bits per heavy atom. The van der Waals surface area contributed by atoms with Crippen LogP contribution < -0.4 is 5.11 Å². The molecule has 1 heterocycles. The molecule has 78 valence electrons. The van der Waals surface area contributed by atoms with Gasteiger partial charge < -0.3 is 19.4 Å². The molecule has 1 saturated heterocycles. The number of aliphatic carboxylic acids is 1. The Labute approximate surface area is 81.3 Å². The fraction of sp³-hybridized carbons (Fsp3) is 0.556. The van der Waals surface area contributed by atoms with E-state index in [1.807, 2.05) is 0 Å². The van der Waals surface area contributed by atoms with Crippen LogP contribution >= 0.6 is 0 Å². The fourth-order valence-corrected chi connectivity index (χ4v) is 1.11. The first-order valence-corrected chi connectivity index (χ1v) is 4.40. The molecule has 5 nitrogen and oxygen atoms in total. The van der Waals surface area contributed by atoms with Crippen molar-refractivity contribution in [2.45, 2.75) is 25.6 Å². The van der Waals surface area contributed by atoms with Gasteiger partial charge in [0.25, 0.3) is 0 Å². The number of rotatable bonds is 3. The summed E-state index contributed by atoms with van der Waals surface area (Å²) in [6.45, 7) is 0.572. The van der Waals surface area contributed by atoms with E-state index in [0.29, 0.717) is 19.1 Å². The van der Waals surface area contributed by atoms with E-state index in [-0.39, 0.29) is 0 Å². The molecule has 0 aliphatic carbocycles. The summed E-state index contributed by atoms with van der Waals surface area (Å²) >= 11 is 0. The molecule has 0 aromatic carbocycles. The van der Waals surface area contributed by atoms with Gasteiger partial charge in [0.15, 0.2) is 0 Å². The van der Waals surface area contributed by atoms with Crippen molar-refractivity contribution in [1.82, 2.24) is 0 Å². The minimum Gasteiger partial charge on any atom is -0.545 e. The molecular formula is C9H11O5-. The zero-order valence-electron chi connectivity index (χ0n) is 7.60. The summed E-state index contributed by atoms with van der Waals surface area (Å²) in [6.07, 6.45) is 3.47. The van der Waals surface area contributed by atoms with Gasteiger partial charge in [0.2, 0.25) is 6.29 Å². The highest BCUT2D eigenvalue weighted by molar-refractivity contribution is 5.89. The number of ether oxygens (including phenoxy) is 2. The van der Waals surface area contributed by atoms with E-state index < -0.39 is 18.2 Å². The summed E-state index contributed by atoms with van der Waals surface area (Å²) in [6, 6.07) is 0. The van der Waals surface area contributed by atoms with Crippen molar-refractivity contribution in [1.29, 1.82) is 0 Å². The summed E-state index contributed by atoms with van der Waals surface area (Å²) in [5.41, 5.74) is 0. The molecule has 1 fully saturated rings. The van der Waals surface area contributed by atoms with Crippen LogP contribution in [-0.4, -0.2) is 24.8 Å². The van der Waals surface area contributed by atoms with E-state index >= 15 is 0 Å². The lowest BCUT2D eigenvalue weighted by molar-refractivity contribution is -0.297. The summed E-state index contributed by atoms with van der Waals surface area (Å²) in [4.78, 5) is 20.9. The second kappa shape index (κ2) is 5.39. The van der Waals surface area contributed by atoms with E-state index in [1.54, 1.807) is 0 Å². The first kappa shape index (κ1) is 10.7. The van der Waals surface area contributed by atoms with Crippen molar-refractivity contribution in [3.63, 3.8) is 0 Å². The van der Waals surface area contributed by atoms with Crippen molar-refractivity contribution in [3.05, 3.63) is 12.2 Å². The Hall–Kier alpha value is -1.36. The summed E-state index contributed by atoms with van der Waals surface area (Å²) in [5.74, 6) is -2.15. The van der Waals surface area contributed by atoms with Crippen molar-refractivity contribution < 1.29 is 24.2 Å². The lowest BCUT2D eigenvalue weighted by atomic mass is 10.2. The molecule has 1 aliphatic heterocycles. The third kappa shape index (κ3) is 4.04. The number of hydrogen-bond acceptors (Lipinski definition) is 5. The number of carbonyl (C=O) groups excluding carboxylic acids is 2. The van der Waals surface area contributed by atoms with Crippen molar-refractivity contribution in [2.75, 3.05) is 6.61 Å². The van der Waals surface area contributed by atoms with Crippen LogP contribution in [0.3, 0.4) is 0 Å². The molecule has 0 saturated carbocycles. The maximum Gasteiger partial charge on any atom is 0.333 e. The molecule has 0 aromatic rings. The van der Waals surface area contributed by atoms with Crippen molar-refractivity contribution in [2.24, 2.45) is 0 Å². The first-order chi connectivity index (χ1) is 6.68. The molecule has 5 heteroatoms. The van der Waals surface area contributed by atoms with Gasteiger partial charge in [-0.1, -0.05) is 0 Å². The van der Waals surface area contributed by atoms with Gasteiger partial charge in [-0.25, -0.2) is 4.79 Å². The summed E-state index contributed by atoms with van der Waals surface area (Å²) in [5, 5.41) is 9.96. The van der Waals surface area contributed by atoms with Gasteiger partial charge in [-0.05, 0) is 18.9 Å². The van der Waals surface area contributed by atoms with E-state index in [2.05, 4.69) is 0 Å². The number of hydrogen-bond donors (Lipinski definition) is 0. The largest absolute Gasteiger partial charge is 0.545 e. The Morgan fingerprint density at radius 3 is 2.71 bits per heavy atom. The maximum atomic E-state index is 10.9. The Balaban J connectivity index is 2.28. The highest BCUT2D eigenvalue weighted by Gasteiger charge is 2.16. The molecule has 0 spiro atoms. The fourth-order valence-electron chi connectivity index (χ4n) is 1.11. The van der Waals surface area contributed by atoms with Gasteiger partial charge in [-0.15, -0.1) is 0 Å². The SMILES string of the molecule is O=C([O-])/C=C\C(=O)OC1CCCCO1. The maximum absolute atomic E-state index is 10.9. The first-order valence-electron chi connectivity index (χ1n) is 4.40. The topological polar surface area (TPSA) is 75.7 Å². The average molecular weight is 199 g/mol. The Morgan fingerprint density at radius 1 is 1.36 bits per heavy atom. The summed E-state index contributed by atoms with van der Waals surface area (Å²) < 4.78 is 9.92. The van der Waals surface area contributed by atoms with Gasteiger partial charge in [-0.3, -0.25) is 0 Å². The predicted molar refractivity (Wildman–Crippen MR) is 43.8 cm³/mol. The van der Waals surface area contributed by atoms with Gasteiger partial charge >= 0.3 is 5.97 Å². The molecule has 0 radical (unpaired) electrons. The van der Waals surface area contributed by atoms with Crippen LogP contribution in [-0.2, 0) is 19.1 Å². The van der Waals surface area contributed by atoms with E-state index in [4.69, 9.17) is 9.47 Å². The molecule has 0 bridgehead atoms. The second-order valence-electron chi connectivity index (χ2n) is 2.89. The Bertz CT molecular complexity index is 240. The zero-order chi connectivity index (χ0) is 10.4. The number of esters is 1. The monoisotopic (exact) mass is 199 g/mol. The average Bonchev–Trinajstić information content (AvgIpc) is 2.16. The number of carbonyl (C=O) groups is 2. The summed E-state index contributed by atoms with van der Waals surface area (Å²) in [7, 11) is 0. The van der Waals surface area contributed by atoms with Crippen LogP contribution in [0, 0.1) is 0 Å². The molecular weight excluding hydrogens is 188 g/mol. The standard InChI is InChI=1S/C9H12O5/c10-7(11)4-5-8(12)14-9-3-1-2-6-13-9/h4-5,9H,1-3,6H2,(H,10,11)/p-1/b5-4-. The number of carboxylic acid groups (broad SMARTS) is 1. The van der Waals surface area contributed by atoms with E-state index in [9.17, 15) is 14.7 Å². The number of carboxylic acids is 1. The van der Waals surface area contributed by atoms with Crippen LogP contribution in [0.5, 0.6) is 0 Å². The third-order valence-corrected chi connectivity index (χ3v) is 1.74. The molecule has 1 unspecified atom stereocenters.